The highest BCUT2D eigenvalue weighted by Gasteiger charge is 2.11. The minimum atomic E-state index is -0.615. The molecule has 0 N–H and O–H groups in total. The quantitative estimate of drug-likeness (QED) is 0.484. The number of esters is 1. The normalized spacial score (nSPS) is 10.9. The van der Waals surface area contributed by atoms with Crippen molar-refractivity contribution in [1.29, 1.82) is 5.26 Å². The van der Waals surface area contributed by atoms with Gasteiger partial charge in [0, 0.05) is 18.0 Å². The summed E-state index contributed by atoms with van der Waals surface area (Å²) in [6.07, 6.45) is 6.64. The van der Waals surface area contributed by atoms with Gasteiger partial charge in [-0.15, -0.1) is 0 Å². The average Bonchev–Trinajstić information content (AvgIpc) is 2.99. The molecule has 5 heteroatoms. The lowest BCUT2D eigenvalue weighted by molar-refractivity contribution is -0.137. The van der Waals surface area contributed by atoms with Gasteiger partial charge < -0.3 is 9.30 Å². The molecule has 1 aromatic carbocycles. The first kappa shape index (κ1) is 13.6. The topological polar surface area (TPSA) is 67.9 Å². The lowest BCUT2D eigenvalue weighted by Gasteiger charge is -2.07. The molecule has 2 rings (SSSR count). The first-order valence-corrected chi connectivity index (χ1v) is 6.12. The van der Waals surface area contributed by atoms with Crippen molar-refractivity contribution in [2.45, 2.75) is 6.92 Å². The van der Waals surface area contributed by atoms with E-state index in [4.69, 9.17) is 10.00 Å². The second-order valence-electron chi connectivity index (χ2n) is 3.92. The Hall–Kier alpha value is -2.87. The maximum absolute atomic E-state index is 11.6. The molecule has 0 atom stereocenters. The summed E-state index contributed by atoms with van der Waals surface area (Å²) in [5.74, 6) is -0.615. The van der Waals surface area contributed by atoms with Crippen molar-refractivity contribution < 1.29 is 9.53 Å². The molecule has 5 nitrogen and oxygen atoms in total. The van der Waals surface area contributed by atoms with E-state index in [2.05, 4.69) is 4.98 Å². The number of carbonyl (C=O) groups excluding carboxylic acids is 1. The minimum absolute atomic E-state index is 0.0283. The monoisotopic (exact) mass is 267 g/mol. The van der Waals surface area contributed by atoms with Crippen LogP contribution in [-0.4, -0.2) is 22.1 Å². The van der Waals surface area contributed by atoms with E-state index < -0.39 is 5.97 Å². The van der Waals surface area contributed by atoms with Crippen molar-refractivity contribution in [2.75, 3.05) is 6.61 Å². The van der Waals surface area contributed by atoms with Crippen molar-refractivity contribution in [3.8, 4) is 11.8 Å². The van der Waals surface area contributed by atoms with Gasteiger partial charge in [-0.1, -0.05) is 18.2 Å². The van der Waals surface area contributed by atoms with Crippen LogP contribution < -0.4 is 0 Å². The van der Waals surface area contributed by atoms with E-state index in [1.54, 1.807) is 25.6 Å². The van der Waals surface area contributed by atoms with Crippen LogP contribution in [0, 0.1) is 11.3 Å². The van der Waals surface area contributed by atoms with Crippen molar-refractivity contribution in [1.82, 2.24) is 9.55 Å². The van der Waals surface area contributed by atoms with E-state index >= 15 is 0 Å². The van der Waals surface area contributed by atoms with Crippen LogP contribution in [0.5, 0.6) is 0 Å². The van der Waals surface area contributed by atoms with Crippen LogP contribution in [0.1, 0.15) is 12.5 Å². The lowest BCUT2D eigenvalue weighted by Crippen LogP contribution is -2.06. The molecule has 1 heterocycles. The second kappa shape index (κ2) is 6.34. The summed E-state index contributed by atoms with van der Waals surface area (Å²) in [5, 5.41) is 9.07. The highest BCUT2D eigenvalue weighted by molar-refractivity contribution is 5.98. The van der Waals surface area contributed by atoms with Crippen LogP contribution in [0.2, 0.25) is 0 Å². The third-order valence-corrected chi connectivity index (χ3v) is 2.63. The standard InChI is InChI=1S/C15H13N3O2/c1-2-20-15(19)13(10-16)9-12-5-3-4-6-14(12)18-8-7-17-11-18/h3-9,11H,2H2,1H3. The highest BCUT2D eigenvalue weighted by Crippen LogP contribution is 2.17. The van der Waals surface area contributed by atoms with Crippen LogP contribution in [-0.2, 0) is 9.53 Å². The van der Waals surface area contributed by atoms with Gasteiger partial charge in [0.25, 0.3) is 0 Å². The van der Waals surface area contributed by atoms with Crippen molar-refractivity contribution in [3.05, 3.63) is 54.1 Å². The molecule has 0 unspecified atom stereocenters. The van der Waals surface area contributed by atoms with Gasteiger partial charge in [0.15, 0.2) is 0 Å². The predicted molar refractivity (Wildman–Crippen MR) is 73.8 cm³/mol. The predicted octanol–water partition coefficient (Wildman–Crippen LogP) is 2.34. The van der Waals surface area contributed by atoms with Gasteiger partial charge in [0.05, 0.1) is 18.6 Å². The molecule has 0 aliphatic heterocycles. The van der Waals surface area contributed by atoms with Gasteiger partial charge >= 0.3 is 5.97 Å². The first-order chi connectivity index (χ1) is 9.76. The Labute approximate surface area is 116 Å². The number of benzene rings is 1. The van der Waals surface area contributed by atoms with Crippen LogP contribution in [0.4, 0.5) is 0 Å². The number of para-hydroxylation sites is 1. The van der Waals surface area contributed by atoms with Crippen molar-refractivity contribution in [2.24, 2.45) is 0 Å². The fourth-order valence-electron chi connectivity index (χ4n) is 1.75. The van der Waals surface area contributed by atoms with Gasteiger partial charge in [0.2, 0.25) is 0 Å². The largest absolute Gasteiger partial charge is 0.462 e. The number of ether oxygens (including phenoxy) is 1. The summed E-state index contributed by atoms with van der Waals surface area (Å²) in [6.45, 7) is 1.94. The molecule has 0 aliphatic rings. The molecule has 0 amide bonds. The SMILES string of the molecule is CCOC(=O)C(C#N)=Cc1ccccc1-n1ccnc1. The van der Waals surface area contributed by atoms with Gasteiger partial charge in [-0.25, -0.2) is 9.78 Å². The molecule has 0 spiro atoms. The van der Waals surface area contributed by atoms with E-state index in [0.717, 1.165) is 11.3 Å². The number of carbonyl (C=O) groups is 1. The number of aromatic nitrogens is 2. The van der Waals surface area contributed by atoms with E-state index in [1.165, 1.54) is 6.08 Å². The Bertz CT molecular complexity index is 667. The summed E-state index contributed by atoms with van der Waals surface area (Å²) in [4.78, 5) is 15.6. The molecule has 0 fully saturated rings. The van der Waals surface area contributed by atoms with E-state index in [1.807, 2.05) is 34.9 Å². The molecular formula is C15H13N3O2. The Morgan fingerprint density at radius 3 is 2.95 bits per heavy atom. The zero-order chi connectivity index (χ0) is 14.4. The van der Waals surface area contributed by atoms with Gasteiger partial charge in [-0.05, 0) is 19.1 Å². The fourth-order valence-corrected chi connectivity index (χ4v) is 1.75. The molecule has 0 aliphatic carbocycles. The summed E-state index contributed by atoms with van der Waals surface area (Å²) in [5.41, 5.74) is 1.55. The molecule has 20 heavy (non-hydrogen) atoms. The molecule has 0 radical (unpaired) electrons. The van der Waals surface area contributed by atoms with Gasteiger partial charge in [0.1, 0.15) is 11.6 Å². The molecule has 1 aromatic heterocycles. The Morgan fingerprint density at radius 1 is 1.50 bits per heavy atom. The molecule has 0 saturated carbocycles. The Kier molecular flexibility index (Phi) is 4.30. The zero-order valence-corrected chi connectivity index (χ0v) is 11.0. The third-order valence-electron chi connectivity index (χ3n) is 2.63. The van der Waals surface area contributed by atoms with Crippen LogP contribution in [0.15, 0.2) is 48.6 Å². The van der Waals surface area contributed by atoms with E-state index in [-0.39, 0.29) is 12.2 Å². The second-order valence-corrected chi connectivity index (χ2v) is 3.92. The van der Waals surface area contributed by atoms with Crippen LogP contribution in [0.25, 0.3) is 11.8 Å². The maximum atomic E-state index is 11.6. The smallest absolute Gasteiger partial charge is 0.348 e. The van der Waals surface area contributed by atoms with Crippen LogP contribution in [0.3, 0.4) is 0 Å². The number of rotatable bonds is 4. The highest BCUT2D eigenvalue weighted by atomic mass is 16.5. The first-order valence-electron chi connectivity index (χ1n) is 6.12. The van der Waals surface area contributed by atoms with Crippen LogP contribution >= 0.6 is 0 Å². The summed E-state index contributed by atoms with van der Waals surface area (Å²) in [6, 6.07) is 9.29. The van der Waals surface area contributed by atoms with E-state index in [0.29, 0.717) is 0 Å². The fraction of sp³-hybridized carbons (Fsp3) is 0.133. The molecular weight excluding hydrogens is 254 g/mol. The summed E-state index contributed by atoms with van der Waals surface area (Å²) < 4.78 is 6.66. The third kappa shape index (κ3) is 2.93. The van der Waals surface area contributed by atoms with Crippen molar-refractivity contribution in [3.63, 3.8) is 0 Å². The number of imidazole rings is 1. The van der Waals surface area contributed by atoms with E-state index in [9.17, 15) is 4.79 Å². The molecule has 0 saturated heterocycles. The number of nitrogens with zero attached hydrogens (tertiary/aromatic N) is 3. The Balaban J connectivity index is 2.43. The minimum Gasteiger partial charge on any atom is -0.462 e. The lowest BCUT2D eigenvalue weighted by atomic mass is 10.1. The number of hydrogen-bond acceptors (Lipinski definition) is 4. The molecule has 100 valence electrons. The van der Waals surface area contributed by atoms with Crippen molar-refractivity contribution >= 4 is 12.0 Å². The zero-order valence-electron chi connectivity index (χ0n) is 11.0. The Morgan fingerprint density at radius 2 is 2.30 bits per heavy atom. The number of hydrogen-bond donors (Lipinski definition) is 0. The summed E-state index contributed by atoms with van der Waals surface area (Å²) >= 11 is 0. The van der Waals surface area contributed by atoms with Gasteiger partial charge in [-0.3, -0.25) is 0 Å². The van der Waals surface area contributed by atoms with Gasteiger partial charge in [-0.2, -0.15) is 5.26 Å². The average molecular weight is 267 g/mol. The molecule has 0 bridgehead atoms. The summed E-state index contributed by atoms with van der Waals surface area (Å²) in [7, 11) is 0. The molecule has 2 aromatic rings. The maximum Gasteiger partial charge on any atom is 0.348 e. The number of nitriles is 1.